The summed E-state index contributed by atoms with van der Waals surface area (Å²) in [5.41, 5.74) is 0.551. The Labute approximate surface area is 133 Å². The van der Waals surface area contributed by atoms with Gasteiger partial charge in [0.25, 0.3) is 0 Å². The van der Waals surface area contributed by atoms with Crippen LogP contribution in [0.5, 0.6) is 17.2 Å². The number of aryl methyl sites for hydroxylation is 1. The number of hydrogen-bond donors (Lipinski definition) is 1. The van der Waals surface area contributed by atoms with Crippen molar-refractivity contribution in [2.45, 2.75) is 6.92 Å². The summed E-state index contributed by atoms with van der Waals surface area (Å²) in [7, 11) is 2.32. The summed E-state index contributed by atoms with van der Waals surface area (Å²) in [6.07, 6.45) is 0. The van der Waals surface area contributed by atoms with Crippen LogP contribution in [-0.2, 0) is 9.47 Å². The molecular formula is C17H16O6. The van der Waals surface area contributed by atoms with Crippen molar-refractivity contribution in [2.75, 3.05) is 14.2 Å². The van der Waals surface area contributed by atoms with Gasteiger partial charge in [0, 0.05) is 0 Å². The second-order valence-electron chi connectivity index (χ2n) is 4.73. The molecule has 23 heavy (non-hydrogen) atoms. The van der Waals surface area contributed by atoms with Crippen LogP contribution in [0, 0.1) is 6.92 Å². The van der Waals surface area contributed by atoms with Gasteiger partial charge in [-0.15, -0.1) is 0 Å². The van der Waals surface area contributed by atoms with E-state index in [1.54, 1.807) is 12.1 Å². The zero-order valence-electron chi connectivity index (χ0n) is 13.0. The van der Waals surface area contributed by atoms with E-state index < -0.39 is 17.7 Å². The molecule has 120 valence electrons. The highest BCUT2D eigenvalue weighted by molar-refractivity contribution is 6.07. The average molecular weight is 316 g/mol. The fourth-order valence-electron chi connectivity index (χ4n) is 2.00. The van der Waals surface area contributed by atoms with Crippen molar-refractivity contribution >= 4 is 11.9 Å². The van der Waals surface area contributed by atoms with E-state index in [-0.39, 0.29) is 16.9 Å². The molecule has 0 unspecified atom stereocenters. The third-order valence-corrected chi connectivity index (χ3v) is 3.17. The lowest BCUT2D eigenvalue weighted by Crippen LogP contribution is -2.13. The second-order valence-corrected chi connectivity index (χ2v) is 4.73. The third-order valence-electron chi connectivity index (χ3n) is 3.17. The quantitative estimate of drug-likeness (QED) is 0.873. The van der Waals surface area contributed by atoms with Crippen molar-refractivity contribution in [2.24, 2.45) is 0 Å². The summed E-state index contributed by atoms with van der Waals surface area (Å²) in [4.78, 5) is 23.9. The van der Waals surface area contributed by atoms with E-state index in [1.165, 1.54) is 19.2 Å². The Balaban J connectivity index is 2.56. The number of benzene rings is 2. The van der Waals surface area contributed by atoms with Gasteiger partial charge in [-0.2, -0.15) is 0 Å². The minimum atomic E-state index is -0.864. The van der Waals surface area contributed by atoms with E-state index in [4.69, 9.17) is 4.74 Å². The number of carbonyl (C=O) groups is 2. The first-order chi connectivity index (χ1) is 11.0. The van der Waals surface area contributed by atoms with E-state index in [1.807, 2.05) is 19.1 Å². The lowest BCUT2D eigenvalue weighted by Gasteiger charge is -2.14. The van der Waals surface area contributed by atoms with Crippen LogP contribution < -0.4 is 4.74 Å². The van der Waals surface area contributed by atoms with Crippen LogP contribution in [0.3, 0.4) is 0 Å². The zero-order chi connectivity index (χ0) is 17.0. The van der Waals surface area contributed by atoms with Gasteiger partial charge in [0.05, 0.1) is 14.2 Å². The molecule has 0 saturated heterocycles. The van der Waals surface area contributed by atoms with Crippen LogP contribution in [0.1, 0.15) is 26.3 Å². The number of phenolic OH excluding ortho intramolecular Hbond substituents is 1. The number of carbonyl (C=O) groups excluding carboxylic acids is 2. The van der Waals surface area contributed by atoms with E-state index >= 15 is 0 Å². The van der Waals surface area contributed by atoms with Crippen molar-refractivity contribution in [3.63, 3.8) is 0 Å². The molecule has 0 amide bonds. The van der Waals surface area contributed by atoms with Gasteiger partial charge in [-0.3, -0.25) is 0 Å². The van der Waals surface area contributed by atoms with E-state index in [9.17, 15) is 14.7 Å². The summed E-state index contributed by atoms with van der Waals surface area (Å²) in [5.74, 6) is -1.52. The Morgan fingerprint density at radius 3 is 2.00 bits per heavy atom. The van der Waals surface area contributed by atoms with Gasteiger partial charge in [0.2, 0.25) is 0 Å². The molecule has 0 fully saturated rings. The Bertz CT molecular complexity index is 733. The Kier molecular flexibility index (Phi) is 4.85. The normalized spacial score (nSPS) is 10.0. The predicted molar refractivity (Wildman–Crippen MR) is 82.0 cm³/mol. The largest absolute Gasteiger partial charge is 0.507 e. The Morgan fingerprint density at radius 2 is 1.43 bits per heavy atom. The predicted octanol–water partition coefficient (Wildman–Crippen LogP) is 3.07. The maximum absolute atomic E-state index is 12.1. The molecule has 6 nitrogen and oxygen atoms in total. The minimum absolute atomic E-state index is 0.0823. The van der Waals surface area contributed by atoms with Gasteiger partial charge in [-0.25, -0.2) is 9.59 Å². The van der Waals surface area contributed by atoms with Crippen LogP contribution in [0.15, 0.2) is 36.4 Å². The van der Waals surface area contributed by atoms with Gasteiger partial charge in [0.1, 0.15) is 28.4 Å². The summed E-state index contributed by atoms with van der Waals surface area (Å²) >= 11 is 0. The molecule has 0 heterocycles. The maximum Gasteiger partial charge on any atom is 0.342 e. The third kappa shape index (κ3) is 3.42. The SMILES string of the molecule is COC(=O)c1c(O)ccc(Oc2ccc(C)cc2)c1C(=O)OC. The molecule has 0 saturated carbocycles. The van der Waals surface area contributed by atoms with Crippen LogP contribution in [0.25, 0.3) is 0 Å². The first-order valence-electron chi connectivity index (χ1n) is 6.75. The summed E-state index contributed by atoms with van der Waals surface area (Å²) in [5, 5.41) is 9.90. The van der Waals surface area contributed by atoms with Gasteiger partial charge in [0.15, 0.2) is 0 Å². The average Bonchev–Trinajstić information content (AvgIpc) is 2.56. The van der Waals surface area contributed by atoms with Gasteiger partial charge < -0.3 is 19.3 Å². The molecule has 0 atom stereocenters. The molecule has 2 aromatic carbocycles. The maximum atomic E-state index is 12.1. The highest BCUT2D eigenvalue weighted by atomic mass is 16.5. The molecule has 0 radical (unpaired) electrons. The standard InChI is InChI=1S/C17H16O6/c1-10-4-6-11(7-5-10)23-13-9-8-12(18)14(16(19)21-2)15(13)17(20)22-3/h4-9,18H,1-3H3. The number of aromatic hydroxyl groups is 1. The first-order valence-corrected chi connectivity index (χ1v) is 6.75. The first kappa shape index (κ1) is 16.4. The van der Waals surface area contributed by atoms with E-state index in [0.29, 0.717) is 5.75 Å². The molecular weight excluding hydrogens is 300 g/mol. The summed E-state index contributed by atoms with van der Waals surface area (Å²) in [6, 6.07) is 9.77. The molecule has 0 aliphatic heterocycles. The summed E-state index contributed by atoms with van der Waals surface area (Å²) in [6.45, 7) is 1.93. The van der Waals surface area contributed by atoms with Gasteiger partial charge in [-0.05, 0) is 31.2 Å². The van der Waals surface area contributed by atoms with Gasteiger partial charge in [-0.1, -0.05) is 17.7 Å². The van der Waals surface area contributed by atoms with Crippen LogP contribution in [0.2, 0.25) is 0 Å². The lowest BCUT2D eigenvalue weighted by molar-refractivity contribution is 0.0549. The number of hydrogen-bond acceptors (Lipinski definition) is 6. The fraction of sp³-hybridized carbons (Fsp3) is 0.176. The number of methoxy groups -OCH3 is 2. The number of phenols is 1. The monoisotopic (exact) mass is 316 g/mol. The highest BCUT2D eigenvalue weighted by Crippen LogP contribution is 2.34. The molecule has 6 heteroatoms. The van der Waals surface area contributed by atoms with Crippen molar-refractivity contribution in [3.8, 4) is 17.2 Å². The number of ether oxygens (including phenoxy) is 3. The zero-order valence-corrected chi connectivity index (χ0v) is 13.0. The van der Waals surface area contributed by atoms with Crippen molar-refractivity contribution in [3.05, 3.63) is 53.1 Å². The van der Waals surface area contributed by atoms with Crippen LogP contribution in [0.4, 0.5) is 0 Å². The smallest absolute Gasteiger partial charge is 0.342 e. The fourth-order valence-corrected chi connectivity index (χ4v) is 2.00. The van der Waals surface area contributed by atoms with Crippen molar-refractivity contribution in [1.29, 1.82) is 0 Å². The Hall–Kier alpha value is -3.02. The minimum Gasteiger partial charge on any atom is -0.507 e. The second kappa shape index (κ2) is 6.83. The van der Waals surface area contributed by atoms with E-state index in [2.05, 4.69) is 9.47 Å². The van der Waals surface area contributed by atoms with Gasteiger partial charge >= 0.3 is 11.9 Å². The van der Waals surface area contributed by atoms with Crippen molar-refractivity contribution < 1.29 is 28.9 Å². The van der Waals surface area contributed by atoms with E-state index in [0.717, 1.165) is 12.7 Å². The van der Waals surface area contributed by atoms with Crippen LogP contribution in [-0.4, -0.2) is 31.3 Å². The van der Waals surface area contributed by atoms with Crippen LogP contribution >= 0.6 is 0 Å². The molecule has 0 spiro atoms. The Morgan fingerprint density at radius 1 is 0.870 bits per heavy atom. The lowest BCUT2D eigenvalue weighted by atomic mass is 10.0. The molecule has 2 rings (SSSR count). The topological polar surface area (TPSA) is 82.1 Å². The van der Waals surface area contributed by atoms with Crippen molar-refractivity contribution in [1.82, 2.24) is 0 Å². The summed E-state index contributed by atoms with van der Waals surface area (Å²) < 4.78 is 15.0. The molecule has 2 aromatic rings. The molecule has 0 aromatic heterocycles. The molecule has 1 N–H and O–H groups in total. The highest BCUT2D eigenvalue weighted by Gasteiger charge is 2.27. The number of rotatable bonds is 4. The molecule has 0 aliphatic rings. The number of esters is 2. The molecule has 0 aliphatic carbocycles. The molecule has 0 bridgehead atoms.